The van der Waals surface area contributed by atoms with Crippen molar-refractivity contribution < 1.29 is 9.53 Å². The third kappa shape index (κ3) is 13.4. The Morgan fingerprint density at radius 1 is 1.00 bits per heavy atom. The lowest BCUT2D eigenvalue weighted by atomic mass is 10.0. The Hall–Kier alpha value is -1.35. The Morgan fingerprint density at radius 3 is 1.95 bits per heavy atom. The minimum atomic E-state index is -0.245. The van der Waals surface area contributed by atoms with Gasteiger partial charge < -0.3 is 10.5 Å². The molecule has 0 amide bonds. The van der Waals surface area contributed by atoms with Gasteiger partial charge in [-0.15, -0.1) is 0 Å². The lowest BCUT2D eigenvalue weighted by Crippen LogP contribution is -1.97. The summed E-state index contributed by atoms with van der Waals surface area (Å²) >= 11 is 0. The fraction of sp³-hybridized carbons (Fsp3) is 0.611. The van der Waals surface area contributed by atoms with Gasteiger partial charge >= 0.3 is 5.97 Å². The Balaban J connectivity index is 0.000000690. The Labute approximate surface area is 129 Å². The molecule has 0 fully saturated rings. The lowest BCUT2D eigenvalue weighted by molar-refractivity contribution is -0.137. The van der Waals surface area contributed by atoms with Gasteiger partial charge in [-0.25, -0.2) is 0 Å². The zero-order valence-corrected chi connectivity index (χ0v) is 13.9. The summed E-state index contributed by atoms with van der Waals surface area (Å²) in [5, 5.41) is 0. The molecule has 1 rings (SSSR count). The molecule has 1 aromatic rings. The van der Waals surface area contributed by atoms with E-state index in [9.17, 15) is 4.79 Å². The number of aryl methyl sites for hydroxylation is 2. The van der Waals surface area contributed by atoms with Crippen LogP contribution in [0, 0.1) is 6.92 Å². The molecule has 0 aromatic heterocycles. The highest BCUT2D eigenvalue weighted by atomic mass is 16.5. The molecule has 0 spiro atoms. The van der Waals surface area contributed by atoms with E-state index in [0.29, 0.717) is 0 Å². The van der Waals surface area contributed by atoms with E-state index in [0.717, 1.165) is 6.54 Å². The number of rotatable bonds is 8. The molecule has 3 heteroatoms. The summed E-state index contributed by atoms with van der Waals surface area (Å²) in [5.41, 5.74) is 8.29. The quantitative estimate of drug-likeness (QED) is 0.582. The molecule has 3 nitrogen and oxygen atoms in total. The second-order valence-electron chi connectivity index (χ2n) is 5.34. The Bertz CT molecular complexity index is 360. The van der Waals surface area contributed by atoms with Crippen molar-refractivity contribution in [2.45, 2.75) is 58.8 Å². The van der Waals surface area contributed by atoms with Gasteiger partial charge in [0.15, 0.2) is 0 Å². The summed E-state index contributed by atoms with van der Waals surface area (Å²) in [6, 6.07) is 8.92. The zero-order chi connectivity index (χ0) is 15.9. The molecule has 0 aliphatic carbocycles. The molecule has 21 heavy (non-hydrogen) atoms. The maximum Gasteiger partial charge on any atom is 0.302 e. The van der Waals surface area contributed by atoms with Crippen molar-refractivity contribution >= 4 is 5.97 Å². The van der Waals surface area contributed by atoms with Crippen LogP contribution in [0.3, 0.4) is 0 Å². The smallest absolute Gasteiger partial charge is 0.302 e. The Morgan fingerprint density at radius 2 is 1.48 bits per heavy atom. The number of unbranched alkanes of at least 4 members (excludes halogenated alkanes) is 5. The molecule has 0 saturated heterocycles. The first-order valence-corrected chi connectivity index (χ1v) is 7.90. The number of carbonyl (C=O) groups excluding carboxylic acids is 1. The maximum atomic E-state index is 9.59. The van der Waals surface area contributed by atoms with Crippen LogP contribution in [-0.2, 0) is 16.0 Å². The fourth-order valence-electron chi connectivity index (χ4n) is 1.94. The van der Waals surface area contributed by atoms with Crippen molar-refractivity contribution in [3.05, 3.63) is 35.4 Å². The molecule has 1 aromatic carbocycles. The number of benzene rings is 1. The van der Waals surface area contributed by atoms with E-state index in [1.807, 2.05) is 0 Å². The summed E-state index contributed by atoms with van der Waals surface area (Å²) in [4.78, 5) is 9.59. The number of carbonyl (C=O) groups is 1. The van der Waals surface area contributed by atoms with E-state index in [1.54, 1.807) is 0 Å². The number of methoxy groups -OCH3 is 1. The van der Waals surface area contributed by atoms with Crippen LogP contribution in [0.15, 0.2) is 24.3 Å². The van der Waals surface area contributed by atoms with Gasteiger partial charge in [-0.2, -0.15) is 0 Å². The molecule has 2 N–H and O–H groups in total. The highest BCUT2D eigenvalue weighted by Gasteiger charge is 1.94. The van der Waals surface area contributed by atoms with Gasteiger partial charge in [0.05, 0.1) is 7.11 Å². The van der Waals surface area contributed by atoms with Gasteiger partial charge in [0.25, 0.3) is 0 Å². The predicted octanol–water partition coefficient (Wildman–Crippen LogP) is 4.02. The van der Waals surface area contributed by atoms with E-state index in [-0.39, 0.29) is 5.97 Å². The van der Waals surface area contributed by atoms with Crippen LogP contribution in [0.5, 0.6) is 0 Å². The van der Waals surface area contributed by atoms with Crippen molar-refractivity contribution in [1.29, 1.82) is 0 Å². The van der Waals surface area contributed by atoms with Crippen LogP contribution in [0.1, 0.15) is 56.6 Å². The highest BCUT2D eigenvalue weighted by Crippen LogP contribution is 2.10. The molecular weight excluding hydrogens is 262 g/mol. The van der Waals surface area contributed by atoms with Crippen molar-refractivity contribution in [2.75, 3.05) is 13.7 Å². The molecule has 0 atom stereocenters. The van der Waals surface area contributed by atoms with Crippen molar-refractivity contribution in [2.24, 2.45) is 5.73 Å². The molecule has 0 unspecified atom stereocenters. The molecule has 0 bridgehead atoms. The van der Waals surface area contributed by atoms with Crippen molar-refractivity contribution in [3.63, 3.8) is 0 Å². The van der Waals surface area contributed by atoms with Gasteiger partial charge in [-0.3, -0.25) is 4.79 Å². The normalized spacial score (nSPS) is 9.71. The fourth-order valence-corrected chi connectivity index (χ4v) is 1.94. The van der Waals surface area contributed by atoms with Crippen molar-refractivity contribution in [3.8, 4) is 0 Å². The van der Waals surface area contributed by atoms with Crippen LogP contribution in [-0.4, -0.2) is 19.6 Å². The Kier molecular flexibility index (Phi) is 12.7. The third-order valence-electron chi connectivity index (χ3n) is 3.33. The van der Waals surface area contributed by atoms with E-state index >= 15 is 0 Å². The molecule has 0 heterocycles. The zero-order valence-electron chi connectivity index (χ0n) is 13.9. The van der Waals surface area contributed by atoms with Crippen molar-refractivity contribution in [1.82, 2.24) is 0 Å². The third-order valence-corrected chi connectivity index (χ3v) is 3.33. The average molecular weight is 293 g/mol. The minimum absolute atomic E-state index is 0.245. The number of ether oxygens (including phenoxy) is 1. The maximum absolute atomic E-state index is 9.59. The topological polar surface area (TPSA) is 52.3 Å². The van der Waals surface area contributed by atoms with Crippen LogP contribution >= 0.6 is 0 Å². The summed E-state index contributed by atoms with van der Waals surface area (Å²) in [6.07, 6.45) is 9.14. The summed E-state index contributed by atoms with van der Waals surface area (Å²) < 4.78 is 4.11. The summed E-state index contributed by atoms with van der Waals surface area (Å²) in [5.74, 6) is -0.245. The number of hydrogen-bond donors (Lipinski definition) is 1. The second kappa shape index (κ2) is 13.6. The number of hydrogen-bond acceptors (Lipinski definition) is 3. The van der Waals surface area contributed by atoms with E-state index in [1.165, 1.54) is 70.1 Å². The first-order valence-electron chi connectivity index (χ1n) is 7.90. The summed E-state index contributed by atoms with van der Waals surface area (Å²) in [6.45, 7) is 4.35. The molecule has 120 valence electrons. The van der Waals surface area contributed by atoms with Gasteiger partial charge in [0, 0.05) is 6.92 Å². The van der Waals surface area contributed by atoms with Crippen LogP contribution < -0.4 is 5.73 Å². The first-order chi connectivity index (χ1) is 10.1. The average Bonchev–Trinajstić information content (AvgIpc) is 2.49. The number of esters is 1. The SMILES string of the molecule is COC(C)=O.Cc1ccc(CCCCCCCCN)cc1. The molecule has 0 aliphatic rings. The lowest BCUT2D eigenvalue weighted by Gasteiger charge is -2.02. The van der Waals surface area contributed by atoms with Crippen LogP contribution in [0.2, 0.25) is 0 Å². The predicted molar refractivity (Wildman–Crippen MR) is 89.3 cm³/mol. The van der Waals surface area contributed by atoms with Crippen LogP contribution in [0.25, 0.3) is 0 Å². The van der Waals surface area contributed by atoms with Gasteiger partial charge in [0.2, 0.25) is 0 Å². The number of nitrogens with two attached hydrogens (primary N) is 1. The van der Waals surface area contributed by atoms with E-state index in [4.69, 9.17) is 5.73 Å². The largest absolute Gasteiger partial charge is 0.469 e. The second-order valence-corrected chi connectivity index (χ2v) is 5.34. The summed E-state index contributed by atoms with van der Waals surface area (Å²) in [7, 11) is 1.35. The van der Waals surface area contributed by atoms with E-state index in [2.05, 4.69) is 35.9 Å². The molecule has 0 saturated carbocycles. The van der Waals surface area contributed by atoms with Gasteiger partial charge in [0.1, 0.15) is 0 Å². The molecular formula is C18H31NO2. The van der Waals surface area contributed by atoms with E-state index < -0.39 is 0 Å². The molecule has 0 aliphatic heterocycles. The van der Waals surface area contributed by atoms with Crippen LogP contribution in [0.4, 0.5) is 0 Å². The van der Waals surface area contributed by atoms with Gasteiger partial charge in [-0.05, 0) is 38.3 Å². The highest BCUT2D eigenvalue weighted by molar-refractivity contribution is 5.65. The minimum Gasteiger partial charge on any atom is -0.469 e. The molecule has 0 radical (unpaired) electrons. The monoisotopic (exact) mass is 293 g/mol. The van der Waals surface area contributed by atoms with Gasteiger partial charge in [-0.1, -0.05) is 55.5 Å². The first kappa shape index (κ1) is 19.7. The standard InChI is InChI=1S/C15H25N.C3H6O2/c1-14-9-11-15(12-10-14)8-6-4-2-3-5-7-13-16;1-3(4)5-2/h9-12H,2-8,13,16H2,1H3;1-2H3.